The molecule has 2 atom stereocenters. The van der Waals surface area contributed by atoms with Crippen LogP contribution < -0.4 is 18.9 Å². The summed E-state index contributed by atoms with van der Waals surface area (Å²) in [6.07, 6.45) is 1.87. The van der Waals surface area contributed by atoms with Crippen molar-refractivity contribution in [3.05, 3.63) is 35.4 Å². The highest BCUT2D eigenvalue weighted by Gasteiger charge is 2.32. The van der Waals surface area contributed by atoms with Crippen molar-refractivity contribution < 1.29 is 37.2 Å². The van der Waals surface area contributed by atoms with Crippen LogP contribution in [0, 0.1) is 0 Å². The third-order valence-corrected chi connectivity index (χ3v) is 7.69. The minimum absolute atomic E-state index is 0.0117. The van der Waals surface area contributed by atoms with Gasteiger partial charge in [0.05, 0.1) is 45.9 Å². The largest absolute Gasteiger partial charge is 0.504 e. The molecule has 1 aliphatic rings. The molecule has 3 rings (SSSR count). The number of phenols is 1. The number of ether oxygens (including phenoxy) is 5. The molecule has 9 heteroatoms. The summed E-state index contributed by atoms with van der Waals surface area (Å²) < 4.78 is 54.1. The van der Waals surface area contributed by atoms with Gasteiger partial charge in [-0.15, -0.1) is 0 Å². The van der Waals surface area contributed by atoms with Crippen LogP contribution in [0.3, 0.4) is 0 Å². The second-order valence-corrected chi connectivity index (χ2v) is 10.3. The topological polar surface area (TPSA) is 101 Å². The van der Waals surface area contributed by atoms with E-state index in [2.05, 4.69) is 0 Å². The fraction of sp³-hybridized carbons (Fsp3) is 0.520. The van der Waals surface area contributed by atoms with Crippen molar-refractivity contribution in [3.8, 4) is 28.7 Å². The van der Waals surface area contributed by atoms with Gasteiger partial charge in [-0.05, 0) is 61.1 Å². The van der Waals surface area contributed by atoms with E-state index in [1.807, 2.05) is 19.1 Å². The molecule has 0 radical (unpaired) electrons. The molecule has 1 aliphatic heterocycles. The van der Waals surface area contributed by atoms with Gasteiger partial charge in [-0.3, -0.25) is 0 Å². The lowest BCUT2D eigenvalue weighted by Gasteiger charge is -2.20. The van der Waals surface area contributed by atoms with Gasteiger partial charge in [0.2, 0.25) is 5.75 Å². The standard InChI is InChI=1S/C25H34O8S/c1-6-10-32-24-18(26)12-16(15-23(24)34(27,28)11-7-2)19-8-9-20(33-19)17-13-21(29-3)25(31-5)22(14-17)30-4/h12-15,19-20,26H,6-11H2,1-5H3/t19-,20-/m1/s1. The molecule has 34 heavy (non-hydrogen) atoms. The third kappa shape index (κ3) is 5.36. The Morgan fingerprint density at radius 2 is 1.47 bits per heavy atom. The van der Waals surface area contributed by atoms with Crippen molar-refractivity contribution in [1.29, 1.82) is 0 Å². The molecule has 1 fully saturated rings. The molecule has 2 aromatic carbocycles. The number of sulfone groups is 1. The number of methoxy groups -OCH3 is 3. The molecular weight excluding hydrogens is 460 g/mol. The summed E-state index contributed by atoms with van der Waals surface area (Å²) >= 11 is 0. The Morgan fingerprint density at radius 1 is 0.882 bits per heavy atom. The molecule has 188 valence electrons. The number of benzene rings is 2. The van der Waals surface area contributed by atoms with E-state index in [0.717, 1.165) is 5.56 Å². The Labute approximate surface area is 201 Å². The van der Waals surface area contributed by atoms with Crippen molar-refractivity contribution >= 4 is 9.84 Å². The van der Waals surface area contributed by atoms with Crippen molar-refractivity contribution in [1.82, 2.24) is 0 Å². The molecule has 0 unspecified atom stereocenters. The summed E-state index contributed by atoms with van der Waals surface area (Å²) in [5.74, 6) is 1.36. The predicted molar refractivity (Wildman–Crippen MR) is 128 cm³/mol. The fourth-order valence-electron chi connectivity index (χ4n) is 4.17. The molecule has 0 aromatic heterocycles. The van der Waals surface area contributed by atoms with Crippen LogP contribution in [-0.2, 0) is 14.6 Å². The van der Waals surface area contributed by atoms with Gasteiger partial charge in [0.1, 0.15) is 4.90 Å². The van der Waals surface area contributed by atoms with Crippen LogP contribution in [0.1, 0.15) is 62.9 Å². The Hall–Kier alpha value is -2.65. The van der Waals surface area contributed by atoms with E-state index in [0.29, 0.717) is 55.1 Å². The van der Waals surface area contributed by atoms with Crippen LogP contribution in [-0.4, -0.2) is 47.2 Å². The SMILES string of the molecule is CCCOc1c(O)cc([C@H]2CC[C@H](c3cc(OC)c(OC)c(OC)c3)O2)cc1S(=O)(=O)CCC. The zero-order chi connectivity index (χ0) is 24.9. The lowest BCUT2D eigenvalue weighted by Crippen LogP contribution is -2.11. The molecule has 0 bridgehead atoms. The van der Waals surface area contributed by atoms with Gasteiger partial charge >= 0.3 is 0 Å². The van der Waals surface area contributed by atoms with Crippen molar-refractivity contribution in [3.63, 3.8) is 0 Å². The second-order valence-electron chi connectivity index (χ2n) is 8.18. The van der Waals surface area contributed by atoms with Gasteiger partial charge < -0.3 is 28.8 Å². The van der Waals surface area contributed by atoms with Gasteiger partial charge in [-0.2, -0.15) is 0 Å². The third-order valence-electron chi connectivity index (χ3n) is 5.77. The number of aromatic hydroxyl groups is 1. The fourth-order valence-corrected chi connectivity index (χ4v) is 5.69. The first-order valence-corrected chi connectivity index (χ1v) is 13.1. The van der Waals surface area contributed by atoms with Crippen molar-refractivity contribution in [2.75, 3.05) is 33.7 Å². The average Bonchev–Trinajstić information content (AvgIpc) is 3.32. The highest BCUT2D eigenvalue weighted by atomic mass is 32.2. The van der Waals surface area contributed by atoms with Crippen molar-refractivity contribution in [2.45, 2.75) is 56.6 Å². The Balaban J connectivity index is 1.95. The first-order chi connectivity index (χ1) is 16.3. The first kappa shape index (κ1) is 26.0. The Kier molecular flexibility index (Phi) is 8.54. The maximum atomic E-state index is 13.0. The molecule has 1 heterocycles. The Morgan fingerprint density at radius 3 is 1.97 bits per heavy atom. The summed E-state index contributed by atoms with van der Waals surface area (Å²) in [6, 6.07) is 6.82. The maximum absolute atomic E-state index is 13.0. The van der Waals surface area contributed by atoms with Gasteiger partial charge in [0, 0.05) is 0 Å². The van der Waals surface area contributed by atoms with E-state index in [1.54, 1.807) is 34.3 Å². The molecule has 0 spiro atoms. The zero-order valence-electron chi connectivity index (χ0n) is 20.4. The second kappa shape index (κ2) is 11.2. The van der Waals surface area contributed by atoms with Crippen molar-refractivity contribution in [2.24, 2.45) is 0 Å². The minimum atomic E-state index is -3.62. The normalized spacial score (nSPS) is 18.0. The highest BCUT2D eigenvalue weighted by Crippen LogP contribution is 2.47. The average molecular weight is 495 g/mol. The summed E-state index contributed by atoms with van der Waals surface area (Å²) in [4.78, 5) is 0.0117. The number of hydrogen-bond donors (Lipinski definition) is 1. The number of hydrogen-bond acceptors (Lipinski definition) is 8. The summed E-state index contributed by atoms with van der Waals surface area (Å²) in [5, 5.41) is 10.7. The van der Waals surface area contributed by atoms with Crippen LogP contribution in [0.2, 0.25) is 0 Å². The van der Waals surface area contributed by atoms with E-state index >= 15 is 0 Å². The summed E-state index contributed by atoms with van der Waals surface area (Å²) in [5.41, 5.74) is 1.47. The lowest BCUT2D eigenvalue weighted by molar-refractivity contribution is 0.0435. The van der Waals surface area contributed by atoms with E-state index in [9.17, 15) is 13.5 Å². The molecule has 0 aliphatic carbocycles. The molecule has 1 N–H and O–H groups in total. The van der Waals surface area contributed by atoms with Crippen LogP contribution in [0.5, 0.6) is 28.7 Å². The zero-order valence-corrected chi connectivity index (χ0v) is 21.2. The highest BCUT2D eigenvalue weighted by molar-refractivity contribution is 7.91. The lowest BCUT2D eigenvalue weighted by atomic mass is 10.0. The van der Waals surface area contributed by atoms with Gasteiger partial charge in [-0.1, -0.05) is 13.8 Å². The van der Waals surface area contributed by atoms with Crippen LogP contribution >= 0.6 is 0 Å². The van der Waals surface area contributed by atoms with Gasteiger partial charge in [-0.25, -0.2) is 8.42 Å². The minimum Gasteiger partial charge on any atom is -0.504 e. The summed E-state index contributed by atoms with van der Waals surface area (Å²) in [6.45, 7) is 4.03. The maximum Gasteiger partial charge on any atom is 0.203 e. The number of phenolic OH excluding ortho intramolecular Hbond substituents is 1. The van der Waals surface area contributed by atoms with Crippen LogP contribution in [0.25, 0.3) is 0 Å². The smallest absolute Gasteiger partial charge is 0.203 e. The van der Waals surface area contributed by atoms with Crippen LogP contribution in [0.4, 0.5) is 0 Å². The molecule has 0 saturated carbocycles. The molecular formula is C25H34O8S. The van der Waals surface area contributed by atoms with Crippen LogP contribution in [0.15, 0.2) is 29.2 Å². The molecule has 2 aromatic rings. The monoisotopic (exact) mass is 494 g/mol. The molecule has 0 amide bonds. The van der Waals surface area contributed by atoms with E-state index in [4.69, 9.17) is 23.7 Å². The van der Waals surface area contributed by atoms with Gasteiger partial charge in [0.15, 0.2) is 32.8 Å². The van der Waals surface area contributed by atoms with Gasteiger partial charge in [0.25, 0.3) is 0 Å². The first-order valence-electron chi connectivity index (χ1n) is 11.5. The van der Waals surface area contributed by atoms with E-state index < -0.39 is 9.84 Å². The van der Waals surface area contributed by atoms with E-state index in [-0.39, 0.29) is 34.4 Å². The van der Waals surface area contributed by atoms with E-state index in [1.165, 1.54) is 6.07 Å². The quantitative estimate of drug-likeness (QED) is 0.467. The predicted octanol–water partition coefficient (Wildman–Crippen LogP) is 4.98. The Bertz CT molecular complexity index is 1070. The molecule has 8 nitrogen and oxygen atoms in total. The summed E-state index contributed by atoms with van der Waals surface area (Å²) in [7, 11) is 1.04. The number of rotatable bonds is 11. The molecule has 1 saturated heterocycles.